The summed E-state index contributed by atoms with van der Waals surface area (Å²) in [6, 6.07) is 1.10. The van der Waals surface area contributed by atoms with Crippen molar-refractivity contribution >= 4 is 16.3 Å². The summed E-state index contributed by atoms with van der Waals surface area (Å²) >= 11 is 1.41. The molecule has 3 nitrogen and oxygen atoms in total. The van der Waals surface area contributed by atoms with Crippen molar-refractivity contribution in [1.82, 2.24) is 9.38 Å². The van der Waals surface area contributed by atoms with Gasteiger partial charge in [-0.25, -0.2) is 18.2 Å². The second-order valence-electron chi connectivity index (χ2n) is 4.33. The first kappa shape index (κ1) is 13.1. The van der Waals surface area contributed by atoms with Gasteiger partial charge in [-0.2, -0.15) is 0 Å². The van der Waals surface area contributed by atoms with Crippen LogP contribution in [0.25, 0.3) is 4.96 Å². The molecular formula is C13H9F3N2OS. The monoisotopic (exact) mass is 298 g/mol. The lowest BCUT2D eigenvalue weighted by Crippen LogP contribution is -2.08. The highest BCUT2D eigenvalue weighted by atomic mass is 32.1. The number of fused-ring (bicyclic) bond motifs is 1. The Hall–Kier alpha value is -1.86. The third-order valence-electron chi connectivity index (χ3n) is 2.92. The number of imidazole rings is 1. The highest BCUT2D eigenvalue weighted by Crippen LogP contribution is 2.25. The van der Waals surface area contributed by atoms with E-state index in [-0.39, 0.29) is 6.42 Å². The topological polar surface area (TPSA) is 37.5 Å². The molecule has 2 heterocycles. The summed E-state index contributed by atoms with van der Waals surface area (Å²) in [7, 11) is 0. The molecule has 3 aromatic rings. The molecule has 0 bridgehead atoms. The van der Waals surface area contributed by atoms with Crippen molar-refractivity contribution in [2.45, 2.75) is 12.5 Å². The molecule has 20 heavy (non-hydrogen) atoms. The fraction of sp³-hybridized carbons (Fsp3) is 0.154. The maximum atomic E-state index is 13.5. The van der Waals surface area contributed by atoms with E-state index in [1.807, 2.05) is 5.38 Å². The largest absolute Gasteiger partial charge is 0.388 e. The summed E-state index contributed by atoms with van der Waals surface area (Å²) in [6.45, 7) is 0. The van der Waals surface area contributed by atoms with E-state index in [1.54, 1.807) is 16.8 Å². The minimum atomic E-state index is -1.42. The van der Waals surface area contributed by atoms with E-state index >= 15 is 0 Å². The Balaban J connectivity index is 1.89. The molecular weight excluding hydrogens is 289 g/mol. The van der Waals surface area contributed by atoms with Crippen molar-refractivity contribution in [1.29, 1.82) is 0 Å². The number of aromatic nitrogens is 2. The molecule has 0 aliphatic rings. The average molecular weight is 298 g/mol. The number of thiazole rings is 1. The van der Waals surface area contributed by atoms with Crippen LogP contribution in [0.2, 0.25) is 0 Å². The van der Waals surface area contributed by atoms with Crippen LogP contribution in [-0.2, 0) is 6.42 Å². The zero-order valence-corrected chi connectivity index (χ0v) is 10.9. The van der Waals surface area contributed by atoms with Gasteiger partial charge >= 0.3 is 0 Å². The highest BCUT2D eigenvalue weighted by molar-refractivity contribution is 7.15. The van der Waals surface area contributed by atoms with E-state index in [9.17, 15) is 18.3 Å². The zero-order chi connectivity index (χ0) is 14.3. The second kappa shape index (κ2) is 4.92. The van der Waals surface area contributed by atoms with Crippen LogP contribution in [0.4, 0.5) is 13.2 Å². The van der Waals surface area contributed by atoms with E-state index < -0.39 is 29.1 Å². The van der Waals surface area contributed by atoms with Gasteiger partial charge in [-0.15, -0.1) is 11.3 Å². The Kier molecular flexibility index (Phi) is 3.23. The SMILES string of the molecule is OC(Cc1cn2ccsc2n1)c1c(F)cc(F)cc1F. The Morgan fingerprint density at radius 1 is 1.25 bits per heavy atom. The minimum absolute atomic E-state index is 0.0477. The number of nitrogens with zero attached hydrogens (tertiary/aromatic N) is 2. The van der Waals surface area contributed by atoms with Crippen LogP contribution in [0, 0.1) is 17.5 Å². The fourth-order valence-electron chi connectivity index (χ4n) is 2.05. The van der Waals surface area contributed by atoms with Crippen molar-refractivity contribution in [3.63, 3.8) is 0 Å². The highest BCUT2D eigenvalue weighted by Gasteiger charge is 2.21. The second-order valence-corrected chi connectivity index (χ2v) is 5.20. The maximum absolute atomic E-state index is 13.5. The Morgan fingerprint density at radius 2 is 1.95 bits per heavy atom. The van der Waals surface area contributed by atoms with Gasteiger partial charge in [-0.05, 0) is 0 Å². The Bertz CT molecular complexity index is 716. The molecule has 1 unspecified atom stereocenters. The van der Waals surface area contributed by atoms with Gasteiger partial charge in [0.05, 0.1) is 17.4 Å². The number of halogens is 3. The number of aliphatic hydroxyl groups is 1. The molecule has 0 fully saturated rings. The lowest BCUT2D eigenvalue weighted by molar-refractivity contribution is 0.167. The molecule has 0 radical (unpaired) electrons. The van der Waals surface area contributed by atoms with Gasteiger partial charge in [0.2, 0.25) is 0 Å². The normalized spacial score (nSPS) is 13.0. The summed E-state index contributed by atoms with van der Waals surface area (Å²) in [5.74, 6) is -3.22. The molecule has 7 heteroatoms. The number of hydrogen-bond acceptors (Lipinski definition) is 3. The van der Waals surface area contributed by atoms with E-state index in [0.717, 1.165) is 4.96 Å². The van der Waals surface area contributed by atoms with Crippen molar-refractivity contribution in [2.24, 2.45) is 0 Å². The summed E-state index contributed by atoms with van der Waals surface area (Å²) in [5, 5.41) is 11.8. The van der Waals surface area contributed by atoms with Crippen LogP contribution in [0.3, 0.4) is 0 Å². The first-order valence-electron chi connectivity index (χ1n) is 5.78. The molecule has 0 aliphatic carbocycles. The molecule has 104 valence electrons. The zero-order valence-electron chi connectivity index (χ0n) is 10.1. The number of benzene rings is 1. The molecule has 1 atom stereocenters. The maximum Gasteiger partial charge on any atom is 0.193 e. The third-order valence-corrected chi connectivity index (χ3v) is 3.69. The van der Waals surface area contributed by atoms with Crippen molar-refractivity contribution in [2.75, 3.05) is 0 Å². The quantitative estimate of drug-likeness (QED) is 0.807. The minimum Gasteiger partial charge on any atom is -0.388 e. The van der Waals surface area contributed by atoms with Gasteiger partial charge in [0.1, 0.15) is 17.5 Å². The first-order chi connectivity index (χ1) is 9.54. The van der Waals surface area contributed by atoms with Crippen LogP contribution >= 0.6 is 11.3 Å². The number of rotatable bonds is 3. The molecule has 1 N–H and O–H groups in total. The van der Waals surface area contributed by atoms with Gasteiger partial charge in [0.25, 0.3) is 0 Å². The van der Waals surface area contributed by atoms with Gasteiger partial charge in [-0.3, -0.25) is 4.40 Å². The van der Waals surface area contributed by atoms with Crippen LogP contribution in [-0.4, -0.2) is 14.5 Å². The molecule has 2 aromatic heterocycles. The fourth-order valence-corrected chi connectivity index (χ4v) is 2.77. The Labute approximate surface area is 115 Å². The molecule has 0 saturated heterocycles. The first-order valence-corrected chi connectivity index (χ1v) is 6.66. The van der Waals surface area contributed by atoms with Gasteiger partial charge in [0, 0.05) is 36.3 Å². The van der Waals surface area contributed by atoms with Crippen LogP contribution < -0.4 is 0 Å². The number of hydrogen-bond donors (Lipinski definition) is 1. The molecule has 3 rings (SSSR count). The van der Waals surface area contributed by atoms with E-state index in [4.69, 9.17) is 0 Å². The smallest absolute Gasteiger partial charge is 0.193 e. The molecule has 1 aromatic carbocycles. The molecule has 0 amide bonds. The Morgan fingerprint density at radius 3 is 2.60 bits per heavy atom. The van der Waals surface area contributed by atoms with E-state index in [2.05, 4.69) is 4.98 Å². The summed E-state index contributed by atoms with van der Waals surface area (Å²) in [5.41, 5.74) is -0.0322. The lowest BCUT2D eigenvalue weighted by atomic mass is 10.0. The third kappa shape index (κ3) is 2.30. The van der Waals surface area contributed by atoms with Crippen molar-refractivity contribution in [3.05, 3.63) is 58.6 Å². The molecule has 0 spiro atoms. The van der Waals surface area contributed by atoms with Gasteiger partial charge in [-0.1, -0.05) is 0 Å². The van der Waals surface area contributed by atoms with Crippen molar-refractivity contribution in [3.8, 4) is 0 Å². The van der Waals surface area contributed by atoms with E-state index in [0.29, 0.717) is 17.8 Å². The van der Waals surface area contributed by atoms with E-state index in [1.165, 1.54) is 11.3 Å². The summed E-state index contributed by atoms with van der Waals surface area (Å²) < 4.78 is 41.7. The van der Waals surface area contributed by atoms with Gasteiger partial charge in [0.15, 0.2) is 4.96 Å². The van der Waals surface area contributed by atoms with Crippen LogP contribution in [0.1, 0.15) is 17.4 Å². The number of aliphatic hydroxyl groups excluding tert-OH is 1. The molecule has 0 aliphatic heterocycles. The average Bonchev–Trinajstić information content (AvgIpc) is 2.87. The molecule has 0 saturated carbocycles. The van der Waals surface area contributed by atoms with Crippen molar-refractivity contribution < 1.29 is 18.3 Å². The summed E-state index contributed by atoms with van der Waals surface area (Å²) in [6.07, 6.45) is 2.00. The standard InChI is InChI=1S/C13H9F3N2OS/c14-7-3-9(15)12(10(16)4-7)11(19)5-8-6-18-1-2-20-13(18)17-8/h1-4,6,11,19H,5H2. The lowest BCUT2D eigenvalue weighted by Gasteiger charge is -2.11. The van der Waals surface area contributed by atoms with Crippen LogP contribution in [0.5, 0.6) is 0 Å². The predicted molar refractivity (Wildman–Crippen MR) is 68.0 cm³/mol. The van der Waals surface area contributed by atoms with Crippen LogP contribution in [0.15, 0.2) is 29.9 Å². The van der Waals surface area contributed by atoms with Gasteiger partial charge < -0.3 is 5.11 Å². The predicted octanol–water partition coefficient (Wildman–Crippen LogP) is 3.09. The summed E-state index contributed by atoms with van der Waals surface area (Å²) in [4.78, 5) is 4.95.